The molecule has 0 heterocycles. The molecule has 0 bridgehead atoms. The van der Waals surface area contributed by atoms with Crippen LogP contribution in [0.1, 0.15) is 29.8 Å². The summed E-state index contributed by atoms with van der Waals surface area (Å²) in [6, 6.07) is 11.1. The van der Waals surface area contributed by atoms with Crippen molar-refractivity contribution in [3.63, 3.8) is 0 Å². The SMILES string of the molecule is COc1cc(I)c(C(=O)NC(C)(C)Cc2ccccc2Cl)cc1OC. The van der Waals surface area contributed by atoms with Gasteiger partial charge in [0.2, 0.25) is 0 Å². The monoisotopic (exact) mass is 473 g/mol. The Balaban J connectivity index is 2.22. The number of rotatable bonds is 6. The van der Waals surface area contributed by atoms with Crippen LogP contribution in [0.15, 0.2) is 36.4 Å². The summed E-state index contributed by atoms with van der Waals surface area (Å²) in [6.07, 6.45) is 0.627. The molecule has 4 nitrogen and oxygen atoms in total. The van der Waals surface area contributed by atoms with E-state index in [1.165, 1.54) is 0 Å². The Morgan fingerprint density at radius 2 is 1.76 bits per heavy atom. The lowest BCUT2D eigenvalue weighted by molar-refractivity contribution is 0.0911. The van der Waals surface area contributed by atoms with Crippen molar-refractivity contribution in [2.45, 2.75) is 25.8 Å². The highest BCUT2D eigenvalue weighted by atomic mass is 127. The van der Waals surface area contributed by atoms with E-state index in [4.69, 9.17) is 21.1 Å². The van der Waals surface area contributed by atoms with E-state index in [0.717, 1.165) is 9.13 Å². The van der Waals surface area contributed by atoms with Crippen LogP contribution in [-0.4, -0.2) is 25.7 Å². The summed E-state index contributed by atoms with van der Waals surface area (Å²) in [5, 5.41) is 3.78. The maximum atomic E-state index is 12.8. The average molecular weight is 474 g/mol. The predicted molar refractivity (Wildman–Crippen MR) is 109 cm³/mol. The molecule has 0 atom stereocenters. The molecule has 2 aromatic rings. The summed E-state index contributed by atoms with van der Waals surface area (Å²) >= 11 is 8.36. The topological polar surface area (TPSA) is 47.6 Å². The largest absolute Gasteiger partial charge is 0.493 e. The van der Waals surface area contributed by atoms with Gasteiger partial charge in [0.25, 0.3) is 5.91 Å². The van der Waals surface area contributed by atoms with Crippen molar-refractivity contribution < 1.29 is 14.3 Å². The maximum Gasteiger partial charge on any atom is 0.252 e. The molecular formula is C19H21ClINO3. The first kappa shape index (κ1) is 19.8. The van der Waals surface area contributed by atoms with Gasteiger partial charge in [0.15, 0.2) is 11.5 Å². The summed E-state index contributed by atoms with van der Waals surface area (Å²) in [7, 11) is 3.12. The minimum atomic E-state index is -0.460. The van der Waals surface area contributed by atoms with Gasteiger partial charge in [-0.1, -0.05) is 29.8 Å². The van der Waals surface area contributed by atoms with E-state index in [1.807, 2.05) is 38.1 Å². The molecule has 0 unspecified atom stereocenters. The average Bonchev–Trinajstić information content (AvgIpc) is 2.55. The van der Waals surface area contributed by atoms with E-state index < -0.39 is 5.54 Å². The Morgan fingerprint density at radius 1 is 1.16 bits per heavy atom. The summed E-state index contributed by atoms with van der Waals surface area (Å²) < 4.78 is 11.4. The first-order chi connectivity index (χ1) is 11.8. The zero-order valence-corrected chi connectivity index (χ0v) is 17.6. The first-order valence-corrected chi connectivity index (χ1v) is 9.20. The number of nitrogens with one attached hydrogen (secondary N) is 1. The molecule has 2 rings (SSSR count). The Morgan fingerprint density at radius 3 is 2.36 bits per heavy atom. The molecule has 6 heteroatoms. The van der Waals surface area contributed by atoms with Crippen molar-refractivity contribution in [1.82, 2.24) is 5.32 Å². The highest BCUT2D eigenvalue weighted by Crippen LogP contribution is 2.31. The quantitative estimate of drug-likeness (QED) is 0.618. The normalized spacial score (nSPS) is 11.1. The van der Waals surface area contributed by atoms with Crippen molar-refractivity contribution in [3.05, 3.63) is 56.1 Å². The third-order valence-corrected chi connectivity index (χ3v) is 5.02. The molecule has 0 aliphatic rings. The van der Waals surface area contributed by atoms with Crippen molar-refractivity contribution in [3.8, 4) is 11.5 Å². The van der Waals surface area contributed by atoms with Crippen LogP contribution < -0.4 is 14.8 Å². The van der Waals surface area contributed by atoms with Crippen LogP contribution in [0.5, 0.6) is 11.5 Å². The zero-order valence-electron chi connectivity index (χ0n) is 14.7. The Bertz CT molecular complexity index is 777. The molecule has 2 aromatic carbocycles. The Labute approximate surface area is 167 Å². The van der Waals surface area contributed by atoms with Gasteiger partial charge >= 0.3 is 0 Å². The number of hydrogen-bond acceptors (Lipinski definition) is 3. The predicted octanol–water partition coefficient (Wildman–Crippen LogP) is 4.71. The van der Waals surface area contributed by atoms with Crippen molar-refractivity contribution in [2.75, 3.05) is 14.2 Å². The second-order valence-electron chi connectivity index (χ2n) is 6.29. The molecule has 0 radical (unpaired) electrons. The van der Waals surface area contributed by atoms with Crippen molar-refractivity contribution in [2.24, 2.45) is 0 Å². The van der Waals surface area contributed by atoms with Gasteiger partial charge in [-0.2, -0.15) is 0 Å². The molecule has 0 aliphatic heterocycles. The third-order valence-electron chi connectivity index (χ3n) is 3.76. The summed E-state index contributed by atoms with van der Waals surface area (Å²) in [4.78, 5) is 12.8. The molecule has 1 N–H and O–H groups in total. The van der Waals surface area contributed by atoms with E-state index in [9.17, 15) is 4.79 Å². The number of benzene rings is 2. The van der Waals surface area contributed by atoms with E-state index >= 15 is 0 Å². The van der Waals surface area contributed by atoms with Crippen LogP contribution in [0.25, 0.3) is 0 Å². The number of ether oxygens (including phenoxy) is 2. The molecule has 0 saturated carbocycles. The van der Waals surface area contributed by atoms with Crippen LogP contribution in [0.2, 0.25) is 5.02 Å². The molecule has 25 heavy (non-hydrogen) atoms. The van der Waals surface area contributed by atoms with Crippen LogP contribution in [-0.2, 0) is 6.42 Å². The number of carbonyl (C=O) groups excluding carboxylic acids is 1. The van der Waals surface area contributed by atoms with Crippen LogP contribution >= 0.6 is 34.2 Å². The minimum absolute atomic E-state index is 0.164. The lowest BCUT2D eigenvalue weighted by atomic mass is 9.94. The van der Waals surface area contributed by atoms with Gasteiger partial charge in [-0.3, -0.25) is 4.79 Å². The molecule has 0 aromatic heterocycles. The van der Waals surface area contributed by atoms with Gasteiger partial charge in [-0.25, -0.2) is 0 Å². The number of amides is 1. The van der Waals surface area contributed by atoms with E-state index in [0.29, 0.717) is 28.5 Å². The molecule has 1 amide bonds. The van der Waals surface area contributed by atoms with E-state index in [-0.39, 0.29) is 5.91 Å². The van der Waals surface area contributed by atoms with Crippen LogP contribution in [0.4, 0.5) is 0 Å². The fraction of sp³-hybridized carbons (Fsp3) is 0.316. The second-order valence-corrected chi connectivity index (χ2v) is 7.86. The highest BCUT2D eigenvalue weighted by Gasteiger charge is 2.24. The highest BCUT2D eigenvalue weighted by molar-refractivity contribution is 14.1. The van der Waals surface area contributed by atoms with Crippen LogP contribution in [0, 0.1) is 3.57 Å². The number of carbonyl (C=O) groups is 1. The lowest BCUT2D eigenvalue weighted by Gasteiger charge is -2.27. The van der Waals surface area contributed by atoms with Gasteiger partial charge in [0.05, 0.1) is 19.8 Å². The molecule has 0 spiro atoms. The Hall–Kier alpha value is -1.47. The number of halogens is 2. The molecule has 0 saturated heterocycles. The summed E-state index contributed by atoms with van der Waals surface area (Å²) in [5.41, 5.74) is 1.08. The van der Waals surface area contributed by atoms with Gasteiger partial charge < -0.3 is 14.8 Å². The third kappa shape index (κ3) is 5.01. The van der Waals surface area contributed by atoms with Gasteiger partial charge in [0.1, 0.15) is 0 Å². The fourth-order valence-electron chi connectivity index (χ4n) is 2.56. The van der Waals surface area contributed by atoms with Gasteiger partial charge in [-0.15, -0.1) is 0 Å². The van der Waals surface area contributed by atoms with Gasteiger partial charge in [0, 0.05) is 14.1 Å². The summed E-state index contributed by atoms with van der Waals surface area (Å²) in [5.74, 6) is 0.957. The number of hydrogen-bond donors (Lipinski definition) is 1. The fourth-order valence-corrected chi connectivity index (χ4v) is 3.45. The molecule has 0 aliphatic carbocycles. The standard InChI is InChI=1S/C19H21ClINO3/c1-19(2,11-12-7-5-6-8-14(12)20)22-18(23)13-9-16(24-3)17(25-4)10-15(13)21/h5-10H,11H2,1-4H3,(H,22,23). The molecular weight excluding hydrogens is 453 g/mol. The minimum Gasteiger partial charge on any atom is -0.493 e. The number of methoxy groups -OCH3 is 2. The van der Waals surface area contributed by atoms with E-state index in [1.54, 1.807) is 26.4 Å². The molecule has 0 fully saturated rings. The van der Waals surface area contributed by atoms with E-state index in [2.05, 4.69) is 27.9 Å². The van der Waals surface area contributed by atoms with Gasteiger partial charge in [-0.05, 0) is 66.6 Å². The first-order valence-electron chi connectivity index (χ1n) is 7.75. The lowest BCUT2D eigenvalue weighted by Crippen LogP contribution is -2.45. The summed E-state index contributed by atoms with van der Waals surface area (Å²) in [6.45, 7) is 3.95. The zero-order chi connectivity index (χ0) is 18.6. The smallest absolute Gasteiger partial charge is 0.252 e. The second kappa shape index (κ2) is 8.27. The van der Waals surface area contributed by atoms with Crippen molar-refractivity contribution >= 4 is 40.1 Å². The Kier molecular flexibility index (Phi) is 6.57. The molecule has 134 valence electrons. The van der Waals surface area contributed by atoms with Crippen LogP contribution in [0.3, 0.4) is 0 Å². The van der Waals surface area contributed by atoms with Crippen molar-refractivity contribution in [1.29, 1.82) is 0 Å². The maximum absolute atomic E-state index is 12.8.